The first-order chi connectivity index (χ1) is 17.3. The summed E-state index contributed by atoms with van der Waals surface area (Å²) in [6, 6.07) is 8.06. The van der Waals surface area contributed by atoms with E-state index < -0.39 is 0 Å². The minimum absolute atomic E-state index is 0.00128. The predicted molar refractivity (Wildman–Crippen MR) is 143 cm³/mol. The summed E-state index contributed by atoms with van der Waals surface area (Å²) in [4.78, 5) is 27.1. The van der Waals surface area contributed by atoms with Gasteiger partial charge in [-0.2, -0.15) is 0 Å². The van der Waals surface area contributed by atoms with Gasteiger partial charge in [0.15, 0.2) is 0 Å². The highest BCUT2D eigenvalue weighted by Gasteiger charge is 2.28. The summed E-state index contributed by atoms with van der Waals surface area (Å²) < 4.78 is 5.29. The van der Waals surface area contributed by atoms with Crippen molar-refractivity contribution >= 4 is 17.4 Å². The van der Waals surface area contributed by atoms with Crippen molar-refractivity contribution in [3.8, 4) is 0 Å². The highest BCUT2D eigenvalue weighted by Crippen LogP contribution is 2.31. The molecule has 1 aromatic rings. The first-order valence-corrected chi connectivity index (χ1v) is 13.1. The molecule has 7 heteroatoms. The molecule has 7 nitrogen and oxygen atoms in total. The van der Waals surface area contributed by atoms with Gasteiger partial charge in [0.2, 0.25) is 5.91 Å². The zero-order valence-electron chi connectivity index (χ0n) is 21.8. The van der Waals surface area contributed by atoms with E-state index in [2.05, 4.69) is 17.5 Å². The average molecular weight is 496 g/mol. The summed E-state index contributed by atoms with van der Waals surface area (Å²) >= 11 is 0. The summed E-state index contributed by atoms with van der Waals surface area (Å²) in [5.41, 5.74) is 11.4. The average Bonchev–Trinajstić information content (AvgIpc) is 3.02. The first-order valence-electron chi connectivity index (χ1n) is 13.1. The molecule has 1 amide bonds. The van der Waals surface area contributed by atoms with Crippen molar-refractivity contribution in [3.63, 3.8) is 0 Å². The number of rotatable bonds is 11. The fourth-order valence-corrected chi connectivity index (χ4v) is 4.56. The smallest absolute Gasteiger partial charge is 0.310 e. The summed E-state index contributed by atoms with van der Waals surface area (Å²) in [5, 5.41) is 12.7. The molecule has 0 fully saturated rings. The molecular formula is C29H41N3O4. The minimum Gasteiger partial charge on any atom is -0.465 e. The van der Waals surface area contributed by atoms with Crippen LogP contribution in [0.25, 0.3) is 5.57 Å². The number of carbonyl (C=O) groups excluding carboxylic acids is 2. The number of nitrogens with two attached hydrogens (primary N) is 1. The van der Waals surface area contributed by atoms with Crippen LogP contribution in [-0.4, -0.2) is 60.4 Å². The van der Waals surface area contributed by atoms with Crippen LogP contribution in [0.5, 0.6) is 0 Å². The van der Waals surface area contributed by atoms with Crippen LogP contribution in [-0.2, 0) is 20.7 Å². The van der Waals surface area contributed by atoms with E-state index in [1.165, 1.54) is 5.57 Å². The Bertz CT molecular complexity index is 994. The first kappa shape index (κ1) is 27.8. The van der Waals surface area contributed by atoms with E-state index in [4.69, 9.17) is 10.5 Å². The molecule has 0 spiro atoms. The normalized spacial score (nSPS) is 19.6. The molecule has 0 radical (unpaired) electrons. The third-order valence-electron chi connectivity index (χ3n) is 6.39. The summed E-state index contributed by atoms with van der Waals surface area (Å²) in [6.07, 6.45) is 8.76. The maximum atomic E-state index is 13.3. The number of hydrogen-bond acceptors (Lipinski definition) is 6. The molecule has 196 valence electrons. The number of esters is 1. The number of allylic oxidation sites excluding steroid dienone is 2. The summed E-state index contributed by atoms with van der Waals surface area (Å²) in [5.74, 6) is 0.119. The van der Waals surface area contributed by atoms with Gasteiger partial charge in [-0.15, -0.1) is 0 Å². The van der Waals surface area contributed by atoms with Crippen molar-refractivity contribution in [1.29, 1.82) is 0 Å². The maximum absolute atomic E-state index is 13.3. The monoisotopic (exact) mass is 495 g/mol. The zero-order valence-corrected chi connectivity index (χ0v) is 21.8. The Morgan fingerprint density at radius 1 is 1.17 bits per heavy atom. The lowest BCUT2D eigenvalue weighted by Crippen LogP contribution is -2.45. The third-order valence-corrected chi connectivity index (χ3v) is 6.39. The Morgan fingerprint density at radius 3 is 2.58 bits per heavy atom. The van der Waals surface area contributed by atoms with E-state index in [1.54, 1.807) is 0 Å². The van der Waals surface area contributed by atoms with Crippen molar-refractivity contribution in [3.05, 3.63) is 64.8 Å². The second-order valence-electron chi connectivity index (χ2n) is 10.1. The molecule has 2 atom stereocenters. The number of nitrogens with zero attached hydrogens (tertiary/aromatic N) is 1. The Morgan fingerprint density at radius 2 is 1.92 bits per heavy atom. The van der Waals surface area contributed by atoms with Gasteiger partial charge in [0.1, 0.15) is 0 Å². The largest absolute Gasteiger partial charge is 0.465 e. The number of fused-ring (bicyclic) bond motifs is 1. The van der Waals surface area contributed by atoms with Gasteiger partial charge in [0, 0.05) is 37.7 Å². The lowest BCUT2D eigenvalue weighted by molar-refractivity contribution is -0.143. The molecule has 3 rings (SSSR count). The zero-order chi connectivity index (χ0) is 26.1. The van der Waals surface area contributed by atoms with Crippen molar-refractivity contribution in [1.82, 2.24) is 10.2 Å². The van der Waals surface area contributed by atoms with E-state index in [0.717, 1.165) is 29.5 Å². The van der Waals surface area contributed by atoms with Crippen LogP contribution < -0.4 is 11.1 Å². The fourth-order valence-electron chi connectivity index (χ4n) is 4.56. The van der Waals surface area contributed by atoms with Gasteiger partial charge >= 0.3 is 5.97 Å². The Labute approximate surface area is 215 Å². The van der Waals surface area contributed by atoms with Gasteiger partial charge in [-0.3, -0.25) is 14.9 Å². The summed E-state index contributed by atoms with van der Waals surface area (Å²) in [6.45, 7) is 7.80. The molecule has 0 aromatic heterocycles. The highest BCUT2D eigenvalue weighted by atomic mass is 16.5. The van der Waals surface area contributed by atoms with Crippen LogP contribution in [0.3, 0.4) is 0 Å². The summed E-state index contributed by atoms with van der Waals surface area (Å²) in [7, 11) is 0. The number of hydrogen-bond donors (Lipinski definition) is 3. The highest BCUT2D eigenvalue weighted by molar-refractivity contribution is 5.94. The van der Waals surface area contributed by atoms with Crippen LogP contribution in [0, 0.1) is 5.92 Å². The molecule has 1 aliphatic heterocycles. The second-order valence-corrected chi connectivity index (χ2v) is 10.1. The van der Waals surface area contributed by atoms with Crippen molar-refractivity contribution < 1.29 is 19.4 Å². The molecule has 1 aliphatic carbocycles. The predicted octanol–water partition coefficient (Wildman–Crippen LogP) is 3.34. The lowest BCUT2D eigenvalue weighted by atomic mass is 9.88. The second kappa shape index (κ2) is 13.5. The molecular weight excluding hydrogens is 454 g/mol. The fraction of sp³-hybridized carbons (Fsp3) is 0.517. The molecule has 36 heavy (non-hydrogen) atoms. The van der Waals surface area contributed by atoms with Gasteiger partial charge in [-0.05, 0) is 53.5 Å². The number of aliphatic hydroxyl groups excluding tert-OH is 1. The third kappa shape index (κ3) is 7.88. The van der Waals surface area contributed by atoms with E-state index in [0.29, 0.717) is 44.0 Å². The number of ether oxygens (including phenoxy) is 1. The van der Waals surface area contributed by atoms with Crippen LogP contribution in [0.4, 0.5) is 0 Å². The number of benzene rings is 1. The van der Waals surface area contributed by atoms with E-state index in [9.17, 15) is 14.7 Å². The lowest BCUT2D eigenvalue weighted by Gasteiger charge is -2.26. The van der Waals surface area contributed by atoms with Crippen LogP contribution in [0.15, 0.2) is 53.6 Å². The van der Waals surface area contributed by atoms with Crippen LogP contribution >= 0.6 is 0 Å². The van der Waals surface area contributed by atoms with Crippen LogP contribution in [0.1, 0.15) is 57.6 Å². The Hall–Kier alpha value is -2.74. The van der Waals surface area contributed by atoms with E-state index in [-0.39, 0.29) is 37.1 Å². The topological polar surface area (TPSA) is 105 Å². The quantitative estimate of drug-likeness (QED) is 0.407. The Balaban J connectivity index is 1.73. The Kier molecular flexibility index (Phi) is 10.5. The van der Waals surface area contributed by atoms with E-state index in [1.807, 2.05) is 56.0 Å². The van der Waals surface area contributed by atoms with Gasteiger partial charge in [0.05, 0.1) is 19.2 Å². The number of amides is 1. The van der Waals surface area contributed by atoms with Crippen molar-refractivity contribution in [2.75, 3.05) is 26.3 Å². The van der Waals surface area contributed by atoms with Gasteiger partial charge in [-0.25, -0.2) is 0 Å². The standard InChI is InChI=1S/C29H41N3O4/c1-4-12-32(13-5-14-33)29(35)25-16-24-11-10-23(17-26(24)31-27(30)18-25)22-8-6-21(7-9-22)15-28(34)36-19-20(2)3/h6-11,16,20,26-27,31,33H,4-5,12-15,17-19,30H2,1-3H3. The van der Waals surface area contributed by atoms with Crippen molar-refractivity contribution in [2.24, 2.45) is 11.7 Å². The molecule has 2 aliphatic rings. The van der Waals surface area contributed by atoms with Gasteiger partial charge in [0.25, 0.3) is 0 Å². The molecule has 1 heterocycles. The molecule has 1 aromatic carbocycles. The molecule has 0 saturated carbocycles. The van der Waals surface area contributed by atoms with Gasteiger partial charge in [-0.1, -0.05) is 57.2 Å². The van der Waals surface area contributed by atoms with Gasteiger partial charge < -0.3 is 20.5 Å². The van der Waals surface area contributed by atoms with Crippen LogP contribution in [0.2, 0.25) is 0 Å². The number of carbonyl (C=O) groups is 2. The number of nitrogens with one attached hydrogen (secondary N) is 1. The van der Waals surface area contributed by atoms with E-state index >= 15 is 0 Å². The maximum Gasteiger partial charge on any atom is 0.310 e. The minimum atomic E-state index is -0.323. The molecule has 0 bridgehead atoms. The SMILES string of the molecule is CCCN(CCCO)C(=O)C1=CC2=CC=C(c3ccc(CC(=O)OCC(C)C)cc3)CC2NC(N)C1. The molecule has 0 saturated heterocycles. The van der Waals surface area contributed by atoms with Crippen molar-refractivity contribution in [2.45, 2.75) is 65.1 Å². The molecule has 4 N–H and O–H groups in total. The number of aliphatic hydroxyl groups is 1. The molecule has 2 unspecified atom stereocenters.